The van der Waals surface area contributed by atoms with Crippen molar-refractivity contribution in [1.29, 1.82) is 0 Å². The lowest BCUT2D eigenvalue weighted by molar-refractivity contribution is -0.116. The monoisotopic (exact) mass is 520 g/mol. The second-order valence-corrected chi connectivity index (χ2v) is 10.5. The van der Waals surface area contributed by atoms with Gasteiger partial charge in [0.05, 0.1) is 12.8 Å². The summed E-state index contributed by atoms with van der Waals surface area (Å²) in [7, 11) is 0. The van der Waals surface area contributed by atoms with E-state index in [0.29, 0.717) is 16.7 Å². The number of aromatic nitrogens is 4. The van der Waals surface area contributed by atoms with Gasteiger partial charge in [0.15, 0.2) is 0 Å². The van der Waals surface area contributed by atoms with Crippen LogP contribution in [0.4, 0.5) is 10.3 Å². The zero-order chi connectivity index (χ0) is 23.5. The molecule has 0 atom stereocenters. The van der Waals surface area contributed by atoms with Crippen LogP contribution >= 0.6 is 45.8 Å². The third-order valence-electron chi connectivity index (χ3n) is 4.30. The van der Waals surface area contributed by atoms with E-state index in [4.69, 9.17) is 0 Å². The second-order valence-electron chi connectivity index (χ2n) is 6.92. The Morgan fingerprint density at radius 1 is 1.03 bits per heavy atom. The molecule has 0 aromatic carbocycles. The predicted molar refractivity (Wildman–Crippen MR) is 138 cm³/mol. The van der Waals surface area contributed by atoms with Gasteiger partial charge in [-0.05, 0) is 52.5 Å². The Hall–Kier alpha value is -2.41. The summed E-state index contributed by atoms with van der Waals surface area (Å²) in [6.07, 6.45) is 7.62. The average molecular weight is 521 g/mol. The zero-order valence-electron chi connectivity index (χ0n) is 18.1. The Morgan fingerprint density at radius 2 is 1.67 bits per heavy atom. The molecule has 0 saturated heterocycles. The van der Waals surface area contributed by atoms with Gasteiger partial charge in [0.2, 0.25) is 22.1 Å². The van der Waals surface area contributed by atoms with Gasteiger partial charge < -0.3 is 10.6 Å². The first-order chi connectivity index (χ1) is 16.1. The molecule has 0 aliphatic heterocycles. The van der Waals surface area contributed by atoms with Crippen LogP contribution in [-0.2, 0) is 28.9 Å². The predicted octanol–water partition coefficient (Wildman–Crippen LogP) is 4.96. The first kappa shape index (κ1) is 25.2. The number of amides is 2. The number of thiophene rings is 1. The van der Waals surface area contributed by atoms with Crippen molar-refractivity contribution in [3.8, 4) is 0 Å². The van der Waals surface area contributed by atoms with E-state index < -0.39 is 0 Å². The van der Waals surface area contributed by atoms with Crippen LogP contribution in [0.15, 0.2) is 40.5 Å². The standard InChI is InChI=1S/C21H24N6O2S4/c1-3-14(12-30-2)10-16(28)22-20-26-24-18(32-20)6-4-5-7-19-25-27-21(33-19)23-17(29)11-15-8-9-31-13-15/h3,8-9,12-13H,1,4-7,10-11H2,2H3,(H,22,26,28)(H,23,27,29)/b14-12+. The number of nitrogens with zero attached hydrogens (tertiary/aromatic N) is 4. The Bertz CT molecular complexity index is 1090. The fraction of sp³-hybridized carbons (Fsp3) is 0.333. The van der Waals surface area contributed by atoms with E-state index in [2.05, 4.69) is 37.6 Å². The molecule has 3 aromatic rings. The van der Waals surface area contributed by atoms with Gasteiger partial charge in [0.25, 0.3) is 0 Å². The van der Waals surface area contributed by atoms with Gasteiger partial charge in [-0.3, -0.25) is 9.59 Å². The number of unbranched alkanes of at least 4 members (excludes halogenated alkanes) is 1. The summed E-state index contributed by atoms with van der Waals surface area (Å²) in [4.78, 5) is 24.2. The number of rotatable bonds is 13. The molecule has 3 aromatic heterocycles. The quantitative estimate of drug-likeness (QED) is 0.242. The molecule has 0 fully saturated rings. The fourth-order valence-corrected chi connectivity index (χ4v) is 5.51. The minimum atomic E-state index is -0.132. The normalized spacial score (nSPS) is 11.4. The van der Waals surface area contributed by atoms with Gasteiger partial charge in [-0.2, -0.15) is 11.3 Å². The highest BCUT2D eigenvalue weighted by Gasteiger charge is 2.11. The van der Waals surface area contributed by atoms with Crippen LogP contribution in [0.1, 0.15) is 34.8 Å². The Labute approximate surface area is 208 Å². The van der Waals surface area contributed by atoms with Gasteiger partial charge in [0, 0.05) is 12.8 Å². The Kier molecular flexibility index (Phi) is 10.2. The van der Waals surface area contributed by atoms with Crippen LogP contribution in [0, 0.1) is 0 Å². The number of carbonyl (C=O) groups excluding carboxylic acids is 2. The molecule has 0 aliphatic carbocycles. The summed E-state index contributed by atoms with van der Waals surface area (Å²) in [5, 5.41) is 30.7. The first-order valence-corrected chi connectivity index (χ1v) is 14.0. The molecule has 2 N–H and O–H groups in total. The molecular formula is C21H24N6O2S4. The van der Waals surface area contributed by atoms with Gasteiger partial charge in [-0.1, -0.05) is 35.3 Å². The topological polar surface area (TPSA) is 110 Å². The van der Waals surface area contributed by atoms with E-state index in [-0.39, 0.29) is 18.2 Å². The molecule has 0 aliphatic rings. The summed E-state index contributed by atoms with van der Waals surface area (Å²) in [6, 6.07) is 1.94. The summed E-state index contributed by atoms with van der Waals surface area (Å²) in [5.41, 5.74) is 1.86. The van der Waals surface area contributed by atoms with E-state index in [1.54, 1.807) is 17.4 Å². The molecule has 0 spiro atoms. The van der Waals surface area contributed by atoms with Crippen molar-refractivity contribution < 1.29 is 9.59 Å². The molecule has 0 bridgehead atoms. The van der Waals surface area contributed by atoms with Gasteiger partial charge in [-0.25, -0.2) is 0 Å². The number of allylic oxidation sites excluding steroid dienone is 1. The Morgan fingerprint density at radius 3 is 2.21 bits per heavy atom. The molecule has 0 unspecified atom stereocenters. The van der Waals surface area contributed by atoms with Gasteiger partial charge in [0.1, 0.15) is 10.0 Å². The third-order valence-corrected chi connectivity index (χ3v) is 7.37. The largest absolute Gasteiger partial charge is 0.300 e. The van der Waals surface area contributed by atoms with Crippen LogP contribution in [-0.4, -0.2) is 38.5 Å². The molecule has 0 radical (unpaired) electrons. The maximum Gasteiger partial charge on any atom is 0.230 e. The Balaban J connectivity index is 1.35. The SMILES string of the molecule is C=C/C(=C\SC)CC(=O)Nc1nnc(CCCCc2nnc(NC(=O)Cc3ccsc3)s2)s1. The van der Waals surface area contributed by atoms with Gasteiger partial charge >= 0.3 is 0 Å². The lowest BCUT2D eigenvalue weighted by atomic mass is 10.2. The highest BCUT2D eigenvalue weighted by Crippen LogP contribution is 2.21. The fourth-order valence-electron chi connectivity index (χ4n) is 2.77. The van der Waals surface area contributed by atoms with Crippen LogP contribution in [0.5, 0.6) is 0 Å². The number of nitrogens with one attached hydrogen (secondary N) is 2. The van der Waals surface area contributed by atoms with Crippen molar-refractivity contribution >= 4 is 67.8 Å². The van der Waals surface area contributed by atoms with Crippen LogP contribution in [0.25, 0.3) is 0 Å². The lowest BCUT2D eigenvalue weighted by Gasteiger charge is -2.01. The minimum absolute atomic E-state index is 0.0868. The van der Waals surface area contributed by atoms with E-state index in [1.807, 2.05) is 28.5 Å². The maximum atomic E-state index is 12.1. The summed E-state index contributed by atoms with van der Waals surface area (Å²) >= 11 is 5.90. The summed E-state index contributed by atoms with van der Waals surface area (Å²) < 4.78 is 0. The number of thioether (sulfide) groups is 1. The number of carbonyl (C=O) groups is 2. The molecule has 8 nitrogen and oxygen atoms in total. The molecular weight excluding hydrogens is 497 g/mol. The summed E-state index contributed by atoms with van der Waals surface area (Å²) in [5.74, 6) is -0.219. The third kappa shape index (κ3) is 8.80. The highest BCUT2D eigenvalue weighted by molar-refractivity contribution is 8.01. The number of hydrogen-bond donors (Lipinski definition) is 2. The minimum Gasteiger partial charge on any atom is -0.300 e. The van der Waals surface area contributed by atoms with Crippen LogP contribution in [0.3, 0.4) is 0 Å². The van der Waals surface area contributed by atoms with Crippen molar-refractivity contribution in [3.63, 3.8) is 0 Å². The summed E-state index contributed by atoms with van der Waals surface area (Å²) in [6.45, 7) is 3.72. The lowest BCUT2D eigenvalue weighted by Crippen LogP contribution is -2.13. The molecule has 3 heterocycles. The van der Waals surface area contributed by atoms with Crippen LogP contribution < -0.4 is 10.6 Å². The maximum absolute atomic E-state index is 12.1. The van der Waals surface area contributed by atoms with Crippen molar-refractivity contribution in [2.75, 3.05) is 16.9 Å². The molecule has 3 rings (SSSR count). The molecule has 0 saturated carbocycles. The van der Waals surface area contributed by atoms with Crippen LogP contribution in [0.2, 0.25) is 0 Å². The molecule has 33 heavy (non-hydrogen) atoms. The van der Waals surface area contributed by atoms with Crippen molar-refractivity contribution in [3.05, 3.63) is 56.0 Å². The van der Waals surface area contributed by atoms with Gasteiger partial charge in [-0.15, -0.1) is 32.2 Å². The zero-order valence-corrected chi connectivity index (χ0v) is 21.3. The van der Waals surface area contributed by atoms with E-state index in [1.165, 1.54) is 34.4 Å². The average Bonchev–Trinajstić information content (AvgIpc) is 3.54. The highest BCUT2D eigenvalue weighted by atomic mass is 32.2. The first-order valence-electron chi connectivity index (χ1n) is 10.2. The molecule has 174 valence electrons. The number of aryl methyl sites for hydroxylation is 2. The van der Waals surface area contributed by atoms with E-state index >= 15 is 0 Å². The van der Waals surface area contributed by atoms with Crippen molar-refractivity contribution in [1.82, 2.24) is 20.4 Å². The molecule has 12 heteroatoms. The van der Waals surface area contributed by atoms with Crippen molar-refractivity contribution in [2.24, 2.45) is 0 Å². The van der Waals surface area contributed by atoms with Crippen molar-refractivity contribution in [2.45, 2.75) is 38.5 Å². The smallest absolute Gasteiger partial charge is 0.230 e. The van der Waals surface area contributed by atoms with E-state index in [9.17, 15) is 9.59 Å². The number of hydrogen-bond acceptors (Lipinski definition) is 10. The second kappa shape index (κ2) is 13.3. The number of anilines is 2. The van der Waals surface area contributed by atoms with E-state index in [0.717, 1.165) is 46.8 Å². The molecule has 2 amide bonds.